The van der Waals surface area contributed by atoms with Gasteiger partial charge in [-0.05, 0) is 37.4 Å². The quantitative estimate of drug-likeness (QED) is 0.419. The van der Waals surface area contributed by atoms with Crippen LogP contribution in [-0.4, -0.2) is 82.8 Å². The van der Waals surface area contributed by atoms with Crippen LogP contribution in [0.4, 0.5) is 24.7 Å². The summed E-state index contributed by atoms with van der Waals surface area (Å²) in [6.45, 7) is 2.88. The van der Waals surface area contributed by atoms with Gasteiger partial charge in [-0.1, -0.05) is 11.3 Å². The van der Waals surface area contributed by atoms with Crippen molar-refractivity contribution < 1.29 is 27.5 Å². The molecule has 4 rings (SSSR count). The number of Topliss-reactive ketones (excluding diaryl/α,β-unsaturated/α-hetero) is 1. The van der Waals surface area contributed by atoms with Crippen LogP contribution in [0.25, 0.3) is 10.6 Å². The summed E-state index contributed by atoms with van der Waals surface area (Å²) in [7, 11) is 1.97. The van der Waals surface area contributed by atoms with Crippen LogP contribution in [0.2, 0.25) is 0 Å². The first kappa shape index (κ1) is 26.4. The first-order chi connectivity index (χ1) is 17.6. The summed E-state index contributed by atoms with van der Waals surface area (Å²) in [5.41, 5.74) is 6.12. The Hall–Kier alpha value is -3.62. The molecule has 0 bridgehead atoms. The number of alkyl halides is 3. The van der Waals surface area contributed by atoms with Crippen molar-refractivity contribution >= 4 is 34.5 Å². The number of ether oxygens (including phenoxy) is 1. The number of amides is 1. The number of aromatic nitrogens is 3. The van der Waals surface area contributed by atoms with Crippen LogP contribution < -0.4 is 15.8 Å². The fraction of sp³-hybridized carbons (Fsp3) is 0.348. The van der Waals surface area contributed by atoms with Crippen LogP contribution in [0.5, 0.6) is 5.75 Å². The Kier molecular flexibility index (Phi) is 8.00. The number of nitrogens with one attached hydrogen (secondary N) is 1. The number of pyridine rings is 1. The summed E-state index contributed by atoms with van der Waals surface area (Å²) < 4.78 is 42.9. The molecule has 0 atom stereocenters. The number of ketones is 1. The zero-order chi connectivity index (χ0) is 26.6. The van der Waals surface area contributed by atoms with E-state index in [1.165, 1.54) is 29.7 Å². The molecular formula is C23H24F3N7O3S. The number of likely N-dealkylation sites (N-methyl/N-ethyl adjacent to an activating group) is 1. The number of carbonyl (C=O) groups is 2. The van der Waals surface area contributed by atoms with E-state index in [9.17, 15) is 22.8 Å². The monoisotopic (exact) mass is 535 g/mol. The molecule has 14 heteroatoms. The third-order valence-electron chi connectivity index (χ3n) is 5.58. The van der Waals surface area contributed by atoms with Crippen LogP contribution in [0.3, 0.4) is 0 Å². The molecule has 1 fully saturated rings. The molecule has 1 aliphatic rings. The summed E-state index contributed by atoms with van der Waals surface area (Å²) in [5.74, 6) is -1.17. The maximum Gasteiger partial charge on any atom is 0.573 e. The van der Waals surface area contributed by atoms with E-state index in [0.29, 0.717) is 34.5 Å². The Labute approximate surface area is 214 Å². The van der Waals surface area contributed by atoms with Gasteiger partial charge in [0.05, 0.1) is 18.7 Å². The number of anilines is 2. The van der Waals surface area contributed by atoms with Gasteiger partial charge in [0.1, 0.15) is 15.8 Å². The first-order valence-corrected chi connectivity index (χ1v) is 12.1. The molecule has 0 saturated carbocycles. The maximum absolute atomic E-state index is 12.9. The maximum atomic E-state index is 12.9. The molecule has 3 N–H and O–H groups in total. The number of hydrogen-bond acceptors (Lipinski definition) is 10. The van der Waals surface area contributed by atoms with Gasteiger partial charge >= 0.3 is 6.36 Å². The van der Waals surface area contributed by atoms with E-state index >= 15 is 0 Å². The molecule has 1 saturated heterocycles. The van der Waals surface area contributed by atoms with Gasteiger partial charge in [0.15, 0.2) is 11.5 Å². The van der Waals surface area contributed by atoms with Crippen molar-refractivity contribution in [2.45, 2.75) is 12.8 Å². The standard InChI is InChI=1S/C23H24F3N7O3S/c1-32-6-8-33(9-7-32)13-20(35)29-16-10-14(2-4-18(16)36-23(24,25)26)17(34)11-21-30-31-22(37-21)15-3-5-19(27)28-12-15/h2-5,10,12H,6-9,11,13H2,1H3,(H2,27,28)(H,29,35). The van der Waals surface area contributed by atoms with Crippen LogP contribution >= 0.6 is 11.3 Å². The van der Waals surface area contributed by atoms with Crippen molar-refractivity contribution in [2.24, 2.45) is 0 Å². The van der Waals surface area contributed by atoms with Gasteiger partial charge in [-0.15, -0.1) is 23.4 Å². The smallest absolute Gasteiger partial charge is 0.404 e. The van der Waals surface area contributed by atoms with E-state index in [1.54, 1.807) is 12.1 Å². The number of halogens is 3. The van der Waals surface area contributed by atoms with Gasteiger partial charge in [-0.3, -0.25) is 14.5 Å². The predicted octanol–water partition coefficient (Wildman–Crippen LogP) is 2.69. The normalized spacial score (nSPS) is 14.9. The second-order valence-corrected chi connectivity index (χ2v) is 9.52. The van der Waals surface area contributed by atoms with Crippen molar-refractivity contribution in [3.8, 4) is 16.3 Å². The highest BCUT2D eigenvalue weighted by Crippen LogP contribution is 2.32. The number of carbonyl (C=O) groups excluding carboxylic acids is 2. The minimum Gasteiger partial charge on any atom is -0.404 e. The van der Waals surface area contributed by atoms with Gasteiger partial charge in [-0.25, -0.2) is 4.98 Å². The van der Waals surface area contributed by atoms with E-state index in [-0.39, 0.29) is 24.2 Å². The van der Waals surface area contributed by atoms with E-state index in [4.69, 9.17) is 5.73 Å². The molecule has 196 valence electrons. The highest BCUT2D eigenvalue weighted by Gasteiger charge is 2.33. The predicted molar refractivity (Wildman–Crippen MR) is 131 cm³/mol. The molecular weight excluding hydrogens is 511 g/mol. The van der Waals surface area contributed by atoms with Crippen LogP contribution in [0.1, 0.15) is 15.4 Å². The molecule has 1 amide bonds. The molecule has 0 spiro atoms. The Morgan fingerprint density at radius 3 is 2.57 bits per heavy atom. The number of hydrogen-bond donors (Lipinski definition) is 2. The molecule has 3 aromatic rings. The Balaban J connectivity index is 1.48. The Morgan fingerprint density at radius 1 is 1.14 bits per heavy atom. The highest BCUT2D eigenvalue weighted by atomic mass is 32.1. The lowest BCUT2D eigenvalue weighted by molar-refractivity contribution is -0.274. The first-order valence-electron chi connectivity index (χ1n) is 11.2. The average Bonchev–Trinajstić information content (AvgIpc) is 3.29. The molecule has 10 nitrogen and oxygen atoms in total. The number of nitrogens with two attached hydrogens (primary N) is 1. The topological polar surface area (TPSA) is 127 Å². The molecule has 0 aliphatic carbocycles. The third kappa shape index (κ3) is 7.44. The van der Waals surface area contributed by atoms with Crippen molar-refractivity contribution in [3.63, 3.8) is 0 Å². The molecule has 1 aliphatic heterocycles. The van der Waals surface area contributed by atoms with Crippen LogP contribution in [-0.2, 0) is 11.2 Å². The number of piperazine rings is 1. The summed E-state index contributed by atoms with van der Waals surface area (Å²) >= 11 is 1.18. The Morgan fingerprint density at radius 2 is 1.89 bits per heavy atom. The van der Waals surface area contributed by atoms with Gasteiger partial charge in [-0.2, -0.15) is 0 Å². The van der Waals surface area contributed by atoms with Gasteiger partial charge in [0.25, 0.3) is 0 Å². The van der Waals surface area contributed by atoms with E-state index in [0.717, 1.165) is 19.2 Å². The highest BCUT2D eigenvalue weighted by molar-refractivity contribution is 7.14. The largest absolute Gasteiger partial charge is 0.573 e. The Bertz CT molecular complexity index is 1260. The van der Waals surface area contributed by atoms with Gasteiger partial charge in [0.2, 0.25) is 5.91 Å². The summed E-state index contributed by atoms with van der Waals surface area (Å²) in [6, 6.07) is 6.75. The van der Waals surface area contributed by atoms with Gasteiger partial charge < -0.3 is 20.7 Å². The van der Waals surface area contributed by atoms with Gasteiger partial charge in [0, 0.05) is 43.5 Å². The van der Waals surface area contributed by atoms with Crippen molar-refractivity contribution in [1.29, 1.82) is 0 Å². The van der Waals surface area contributed by atoms with E-state index in [1.807, 2.05) is 11.9 Å². The second kappa shape index (κ2) is 11.2. The SMILES string of the molecule is CN1CCN(CC(=O)Nc2cc(C(=O)Cc3nnc(-c4ccc(N)nc4)s3)ccc2OC(F)(F)F)CC1. The number of nitrogen functional groups attached to an aromatic ring is 1. The molecule has 37 heavy (non-hydrogen) atoms. The minimum absolute atomic E-state index is 0.00499. The van der Waals surface area contributed by atoms with Crippen molar-refractivity contribution in [3.05, 3.63) is 47.1 Å². The van der Waals surface area contributed by atoms with E-state index < -0.39 is 23.8 Å². The fourth-order valence-corrected chi connectivity index (χ4v) is 4.45. The number of nitrogens with zero attached hydrogens (tertiary/aromatic N) is 5. The zero-order valence-electron chi connectivity index (χ0n) is 19.8. The number of benzene rings is 1. The lowest BCUT2D eigenvalue weighted by atomic mass is 10.1. The van der Waals surface area contributed by atoms with Crippen LogP contribution in [0.15, 0.2) is 36.5 Å². The molecule has 0 unspecified atom stereocenters. The summed E-state index contributed by atoms with van der Waals surface area (Å²) in [5, 5.41) is 11.5. The summed E-state index contributed by atoms with van der Waals surface area (Å²) in [6.07, 6.45) is -3.56. The lowest BCUT2D eigenvalue weighted by Crippen LogP contribution is -2.47. The van der Waals surface area contributed by atoms with Crippen LogP contribution in [0, 0.1) is 0 Å². The van der Waals surface area contributed by atoms with Crippen molar-refractivity contribution in [1.82, 2.24) is 25.0 Å². The molecule has 1 aromatic carbocycles. The molecule has 0 radical (unpaired) electrons. The lowest BCUT2D eigenvalue weighted by Gasteiger charge is -2.31. The summed E-state index contributed by atoms with van der Waals surface area (Å²) in [4.78, 5) is 33.5. The second-order valence-electron chi connectivity index (χ2n) is 8.46. The molecule has 3 heterocycles. The fourth-order valence-electron chi connectivity index (χ4n) is 3.63. The number of rotatable bonds is 8. The molecule has 2 aromatic heterocycles. The van der Waals surface area contributed by atoms with E-state index in [2.05, 4.69) is 30.1 Å². The third-order valence-corrected chi connectivity index (χ3v) is 6.55. The van der Waals surface area contributed by atoms with Crippen molar-refractivity contribution in [2.75, 3.05) is 50.8 Å². The average molecular weight is 536 g/mol. The zero-order valence-corrected chi connectivity index (χ0v) is 20.6. The minimum atomic E-state index is -4.97.